The van der Waals surface area contributed by atoms with Crippen molar-refractivity contribution in [3.8, 4) is 0 Å². The van der Waals surface area contributed by atoms with Crippen LogP contribution in [0.2, 0.25) is 0 Å². The number of allylic oxidation sites excluding steroid dienone is 4. The van der Waals surface area contributed by atoms with Crippen LogP contribution in [0.4, 0.5) is 13.2 Å². The minimum absolute atomic E-state index is 0.106. The second-order valence-corrected chi connectivity index (χ2v) is 3.51. The summed E-state index contributed by atoms with van der Waals surface area (Å²) in [6, 6.07) is 0. The van der Waals surface area contributed by atoms with Crippen molar-refractivity contribution in [3.05, 3.63) is 23.8 Å². The summed E-state index contributed by atoms with van der Waals surface area (Å²) in [7, 11) is 0. The van der Waals surface area contributed by atoms with E-state index in [1.807, 2.05) is 0 Å². The normalized spacial score (nSPS) is 26.6. The zero-order chi connectivity index (χ0) is 10.2. The van der Waals surface area contributed by atoms with Gasteiger partial charge in [-0.1, -0.05) is 12.2 Å². The first kappa shape index (κ1) is 9.49. The highest BCUT2D eigenvalue weighted by molar-refractivity contribution is 6.00. The molecule has 0 aromatic rings. The number of fused-ring (bicyclic) bond motifs is 1. The third kappa shape index (κ3) is 1.74. The molecule has 1 heterocycles. The third-order valence-corrected chi connectivity index (χ3v) is 2.49. The molecule has 0 spiro atoms. The Bertz CT molecular complexity index is 323. The lowest BCUT2D eigenvalue weighted by atomic mass is 9.88. The molecule has 0 fully saturated rings. The molecule has 4 heteroatoms. The molecular formula is C10H10F3N. The van der Waals surface area contributed by atoms with Gasteiger partial charge in [-0.15, -0.1) is 0 Å². The maximum atomic E-state index is 12.3. The number of alkyl halides is 3. The first-order valence-corrected chi connectivity index (χ1v) is 4.59. The maximum Gasteiger partial charge on any atom is 0.416 e. The van der Waals surface area contributed by atoms with Crippen LogP contribution in [0.5, 0.6) is 0 Å². The predicted octanol–water partition coefficient (Wildman–Crippen LogP) is 2.90. The minimum atomic E-state index is -4.25. The Morgan fingerprint density at radius 2 is 2.14 bits per heavy atom. The van der Waals surface area contributed by atoms with E-state index in [0.29, 0.717) is 12.3 Å². The fourth-order valence-electron chi connectivity index (χ4n) is 1.74. The van der Waals surface area contributed by atoms with E-state index in [9.17, 15) is 13.2 Å². The van der Waals surface area contributed by atoms with Crippen LogP contribution >= 0.6 is 0 Å². The van der Waals surface area contributed by atoms with E-state index in [2.05, 4.69) is 4.99 Å². The zero-order valence-corrected chi connectivity index (χ0v) is 7.51. The largest absolute Gasteiger partial charge is 0.416 e. The van der Waals surface area contributed by atoms with Crippen molar-refractivity contribution in [1.82, 2.24) is 0 Å². The highest BCUT2D eigenvalue weighted by Crippen LogP contribution is 2.32. The van der Waals surface area contributed by atoms with Crippen LogP contribution in [0.1, 0.15) is 12.8 Å². The van der Waals surface area contributed by atoms with Crippen LogP contribution in [0.25, 0.3) is 0 Å². The van der Waals surface area contributed by atoms with E-state index >= 15 is 0 Å². The maximum absolute atomic E-state index is 12.3. The monoisotopic (exact) mass is 201 g/mol. The Labute approximate surface area is 80.0 Å². The molecule has 2 rings (SSSR count). The van der Waals surface area contributed by atoms with Crippen molar-refractivity contribution in [2.45, 2.75) is 19.0 Å². The Morgan fingerprint density at radius 3 is 2.86 bits per heavy atom. The molecule has 2 aliphatic rings. The molecule has 1 atom stereocenters. The summed E-state index contributed by atoms with van der Waals surface area (Å²) in [6.45, 7) is 0.654. The lowest BCUT2D eigenvalue weighted by Gasteiger charge is -2.22. The topological polar surface area (TPSA) is 12.4 Å². The number of rotatable bonds is 0. The molecule has 1 nitrogen and oxygen atoms in total. The SMILES string of the molecule is FC(F)(F)C1=CC2=NCCCC2C=C1. The van der Waals surface area contributed by atoms with Gasteiger partial charge in [0.1, 0.15) is 0 Å². The van der Waals surface area contributed by atoms with E-state index in [1.165, 1.54) is 6.08 Å². The van der Waals surface area contributed by atoms with Crippen LogP contribution in [-0.4, -0.2) is 18.4 Å². The van der Waals surface area contributed by atoms with Gasteiger partial charge in [-0.2, -0.15) is 13.2 Å². The average Bonchev–Trinajstić information content (AvgIpc) is 2.16. The Morgan fingerprint density at radius 1 is 1.36 bits per heavy atom. The average molecular weight is 201 g/mol. The van der Waals surface area contributed by atoms with Crippen molar-refractivity contribution in [1.29, 1.82) is 0 Å². The zero-order valence-electron chi connectivity index (χ0n) is 7.51. The van der Waals surface area contributed by atoms with Gasteiger partial charge in [-0.3, -0.25) is 4.99 Å². The van der Waals surface area contributed by atoms with Crippen molar-refractivity contribution >= 4 is 5.71 Å². The predicted molar refractivity (Wildman–Crippen MR) is 48.3 cm³/mol. The van der Waals surface area contributed by atoms with Crippen molar-refractivity contribution < 1.29 is 13.2 Å². The van der Waals surface area contributed by atoms with Gasteiger partial charge in [-0.05, 0) is 18.9 Å². The molecule has 0 saturated heterocycles. The standard InChI is InChI=1S/C10H10F3N/c11-10(12,13)8-4-3-7-2-1-5-14-9(7)6-8/h3-4,6-7H,1-2,5H2. The number of hydrogen-bond acceptors (Lipinski definition) is 1. The molecule has 0 N–H and O–H groups in total. The van der Waals surface area contributed by atoms with Crippen LogP contribution in [0, 0.1) is 5.92 Å². The molecular weight excluding hydrogens is 191 g/mol. The van der Waals surface area contributed by atoms with Gasteiger partial charge in [-0.25, -0.2) is 0 Å². The molecule has 76 valence electrons. The lowest BCUT2D eigenvalue weighted by Crippen LogP contribution is -2.22. The van der Waals surface area contributed by atoms with Gasteiger partial charge in [0.2, 0.25) is 0 Å². The molecule has 0 aromatic carbocycles. The summed E-state index contributed by atoms with van der Waals surface area (Å²) < 4.78 is 37.0. The fourth-order valence-corrected chi connectivity index (χ4v) is 1.74. The molecule has 1 aliphatic heterocycles. The summed E-state index contributed by atoms with van der Waals surface area (Å²) in [5.41, 5.74) is 0.000440. The molecule has 0 saturated carbocycles. The van der Waals surface area contributed by atoms with Gasteiger partial charge in [0, 0.05) is 18.2 Å². The van der Waals surface area contributed by atoms with E-state index in [-0.39, 0.29) is 5.92 Å². The lowest BCUT2D eigenvalue weighted by molar-refractivity contribution is -0.0882. The van der Waals surface area contributed by atoms with Crippen LogP contribution in [0.3, 0.4) is 0 Å². The Balaban J connectivity index is 2.29. The van der Waals surface area contributed by atoms with Crippen LogP contribution < -0.4 is 0 Å². The van der Waals surface area contributed by atoms with Gasteiger partial charge >= 0.3 is 6.18 Å². The second-order valence-electron chi connectivity index (χ2n) is 3.51. The Kier molecular flexibility index (Phi) is 2.21. The molecule has 14 heavy (non-hydrogen) atoms. The molecule has 1 unspecified atom stereocenters. The minimum Gasteiger partial charge on any atom is -0.289 e. The van der Waals surface area contributed by atoms with E-state index in [0.717, 1.165) is 18.9 Å². The van der Waals surface area contributed by atoms with E-state index in [1.54, 1.807) is 6.08 Å². The second kappa shape index (κ2) is 3.26. The first-order chi connectivity index (χ1) is 6.57. The third-order valence-electron chi connectivity index (χ3n) is 2.49. The van der Waals surface area contributed by atoms with Crippen LogP contribution in [0.15, 0.2) is 28.8 Å². The summed E-state index contributed by atoms with van der Waals surface area (Å²) in [5, 5.41) is 0. The highest BCUT2D eigenvalue weighted by atomic mass is 19.4. The van der Waals surface area contributed by atoms with Gasteiger partial charge in [0.15, 0.2) is 0 Å². The van der Waals surface area contributed by atoms with Gasteiger partial charge in [0.25, 0.3) is 0 Å². The molecule has 0 aromatic heterocycles. The quantitative estimate of drug-likeness (QED) is 0.571. The number of aliphatic imine (C=N–C) groups is 1. The molecule has 0 radical (unpaired) electrons. The van der Waals surface area contributed by atoms with Crippen LogP contribution in [-0.2, 0) is 0 Å². The number of halogens is 3. The highest BCUT2D eigenvalue weighted by Gasteiger charge is 2.34. The number of hydrogen-bond donors (Lipinski definition) is 0. The van der Waals surface area contributed by atoms with Crippen molar-refractivity contribution in [3.63, 3.8) is 0 Å². The number of nitrogens with zero attached hydrogens (tertiary/aromatic N) is 1. The Hall–Kier alpha value is -1.06. The summed E-state index contributed by atoms with van der Waals surface area (Å²) in [5.74, 6) is 0.106. The molecule has 0 amide bonds. The summed E-state index contributed by atoms with van der Waals surface area (Å²) >= 11 is 0. The fraction of sp³-hybridized carbons (Fsp3) is 0.500. The van der Waals surface area contributed by atoms with E-state index in [4.69, 9.17) is 0 Å². The summed E-state index contributed by atoms with van der Waals surface area (Å²) in [6.07, 6.45) is 1.58. The first-order valence-electron chi connectivity index (χ1n) is 4.59. The van der Waals surface area contributed by atoms with Gasteiger partial charge in [0.05, 0.1) is 5.57 Å². The van der Waals surface area contributed by atoms with Crippen molar-refractivity contribution in [2.75, 3.05) is 6.54 Å². The van der Waals surface area contributed by atoms with Crippen molar-refractivity contribution in [2.24, 2.45) is 10.9 Å². The molecule has 0 bridgehead atoms. The smallest absolute Gasteiger partial charge is 0.289 e. The van der Waals surface area contributed by atoms with E-state index < -0.39 is 11.7 Å². The molecule has 1 aliphatic carbocycles. The van der Waals surface area contributed by atoms with Gasteiger partial charge < -0.3 is 0 Å². The summed E-state index contributed by atoms with van der Waals surface area (Å²) in [4.78, 5) is 4.10.